The van der Waals surface area contributed by atoms with Crippen molar-refractivity contribution in [1.29, 1.82) is 0 Å². The zero-order valence-corrected chi connectivity index (χ0v) is 26.6. The molecule has 2 amide bonds. The third kappa shape index (κ3) is 10.8. The molecule has 0 spiro atoms. The number of benzene rings is 1. The first kappa shape index (κ1) is 35.0. The molecule has 11 heteroatoms. The topological polar surface area (TPSA) is 135 Å². The number of amides is 2. The molecule has 0 saturated carbocycles. The number of aliphatic hydroxyl groups excluding tert-OH is 2. The molecule has 0 saturated heterocycles. The number of aliphatic hydroxyl groups is 2. The molecular formula is C30H45IN2O8. The Balaban J connectivity index is 2.41. The Labute approximate surface area is 256 Å². The van der Waals surface area contributed by atoms with E-state index in [4.69, 9.17) is 14.2 Å². The Morgan fingerprint density at radius 1 is 1.17 bits per heavy atom. The van der Waals surface area contributed by atoms with Gasteiger partial charge in [-0.1, -0.05) is 32.6 Å². The third-order valence-corrected chi connectivity index (χ3v) is 7.76. The Bertz CT molecular complexity index is 1020. The lowest BCUT2D eigenvalue weighted by Gasteiger charge is -2.41. The molecule has 3 N–H and O–H groups in total. The van der Waals surface area contributed by atoms with Gasteiger partial charge >= 0.3 is 0 Å². The summed E-state index contributed by atoms with van der Waals surface area (Å²) in [6, 6.07) is 2.46. The van der Waals surface area contributed by atoms with Gasteiger partial charge in [-0.05, 0) is 60.6 Å². The van der Waals surface area contributed by atoms with Gasteiger partial charge in [-0.2, -0.15) is 0 Å². The van der Waals surface area contributed by atoms with Crippen LogP contribution in [0.2, 0.25) is 0 Å². The Kier molecular flexibility index (Phi) is 16.3. The first-order valence-corrected chi connectivity index (χ1v) is 15.5. The molecule has 0 heterocycles. The van der Waals surface area contributed by atoms with Crippen molar-refractivity contribution in [3.8, 4) is 11.5 Å². The Hall–Kier alpha value is -2.22. The van der Waals surface area contributed by atoms with Crippen LogP contribution in [-0.4, -0.2) is 91.5 Å². The lowest BCUT2D eigenvalue weighted by atomic mass is 9.87. The second-order valence-corrected chi connectivity index (χ2v) is 11.1. The summed E-state index contributed by atoms with van der Waals surface area (Å²) in [6.07, 6.45) is 6.21. The fraction of sp³-hybridized carbons (Fsp3) is 0.633. The molecule has 0 fully saturated rings. The zero-order valence-electron chi connectivity index (χ0n) is 24.4. The quantitative estimate of drug-likeness (QED) is 0.114. The highest BCUT2D eigenvalue weighted by Gasteiger charge is 2.40. The second kappa shape index (κ2) is 19.1. The van der Waals surface area contributed by atoms with Crippen molar-refractivity contribution in [3.63, 3.8) is 0 Å². The average Bonchev–Trinajstić information content (AvgIpc) is 2.97. The normalized spacial score (nSPS) is 18.4. The predicted molar refractivity (Wildman–Crippen MR) is 164 cm³/mol. The zero-order chi connectivity index (χ0) is 30.2. The van der Waals surface area contributed by atoms with Gasteiger partial charge in [-0.25, -0.2) is 0 Å². The van der Waals surface area contributed by atoms with Crippen LogP contribution in [0.3, 0.4) is 0 Å². The van der Waals surface area contributed by atoms with Crippen LogP contribution in [0.1, 0.15) is 75.6 Å². The highest BCUT2D eigenvalue weighted by Crippen LogP contribution is 2.37. The summed E-state index contributed by atoms with van der Waals surface area (Å²) < 4.78 is 17.8. The molecule has 1 aliphatic carbocycles. The van der Waals surface area contributed by atoms with Gasteiger partial charge in [0.2, 0.25) is 11.8 Å². The summed E-state index contributed by atoms with van der Waals surface area (Å²) in [5.74, 6) is 0.147. The van der Waals surface area contributed by atoms with Crippen LogP contribution in [0.5, 0.6) is 11.5 Å². The first-order valence-electron chi connectivity index (χ1n) is 14.5. The molecule has 0 unspecified atom stereocenters. The van der Waals surface area contributed by atoms with Crippen LogP contribution in [0.4, 0.5) is 0 Å². The Morgan fingerprint density at radius 2 is 1.93 bits per heavy atom. The molecule has 1 aromatic carbocycles. The van der Waals surface area contributed by atoms with Crippen LogP contribution in [0, 0.1) is 3.57 Å². The summed E-state index contributed by atoms with van der Waals surface area (Å²) in [5.41, 5.74) is 0.757. The molecular weight excluding hydrogens is 643 g/mol. The van der Waals surface area contributed by atoms with Gasteiger partial charge in [0.05, 0.1) is 23.3 Å². The maximum atomic E-state index is 13.5. The van der Waals surface area contributed by atoms with Crippen molar-refractivity contribution in [2.45, 2.75) is 83.5 Å². The second-order valence-electron chi connectivity index (χ2n) is 9.97. The minimum absolute atomic E-state index is 0.0720. The van der Waals surface area contributed by atoms with Crippen molar-refractivity contribution < 1.29 is 38.8 Å². The molecule has 0 radical (unpaired) electrons. The minimum atomic E-state index is -1.15. The number of nitrogens with zero attached hydrogens (tertiary/aromatic N) is 1. The molecule has 1 aliphatic rings. The van der Waals surface area contributed by atoms with E-state index in [9.17, 15) is 24.6 Å². The number of rotatable bonds is 19. The molecule has 0 bridgehead atoms. The molecule has 41 heavy (non-hydrogen) atoms. The molecule has 230 valence electrons. The predicted octanol–water partition coefficient (Wildman–Crippen LogP) is 3.64. The highest BCUT2D eigenvalue weighted by atomic mass is 127. The van der Waals surface area contributed by atoms with Gasteiger partial charge in [0, 0.05) is 50.3 Å². The van der Waals surface area contributed by atoms with E-state index in [-0.39, 0.29) is 25.5 Å². The molecule has 10 nitrogen and oxygen atoms in total. The van der Waals surface area contributed by atoms with Crippen LogP contribution in [-0.2, 0) is 14.3 Å². The van der Waals surface area contributed by atoms with E-state index in [1.807, 2.05) is 29.5 Å². The number of methoxy groups -OCH3 is 1. The number of ether oxygens (including phenoxy) is 3. The SMILES string of the molecule is CCCCCCCC(=O)N(CCCOCC)[C@@H]1CC(C(=O)NCCO)=C[C@H](Oc2c(I)cc(C=O)cc2OC)[C@H]1O. The largest absolute Gasteiger partial charge is 0.493 e. The Morgan fingerprint density at radius 3 is 2.59 bits per heavy atom. The summed E-state index contributed by atoms with van der Waals surface area (Å²) in [7, 11) is 1.45. The molecule has 0 aliphatic heterocycles. The molecule has 3 atom stereocenters. The lowest BCUT2D eigenvalue weighted by Crippen LogP contribution is -2.55. The van der Waals surface area contributed by atoms with Crippen molar-refractivity contribution in [2.75, 3.05) is 40.0 Å². The summed E-state index contributed by atoms with van der Waals surface area (Å²) in [4.78, 5) is 39.6. The van der Waals surface area contributed by atoms with E-state index in [0.29, 0.717) is 65.1 Å². The monoisotopic (exact) mass is 688 g/mol. The minimum Gasteiger partial charge on any atom is -0.493 e. The number of nitrogens with one attached hydrogen (secondary N) is 1. The number of carbonyl (C=O) groups is 3. The first-order chi connectivity index (χ1) is 19.8. The smallest absolute Gasteiger partial charge is 0.247 e. The number of unbranched alkanes of at least 4 members (excludes halogenated alkanes) is 4. The maximum absolute atomic E-state index is 13.5. The summed E-state index contributed by atoms with van der Waals surface area (Å²) in [6.45, 7) is 5.30. The van der Waals surface area contributed by atoms with Gasteiger partial charge < -0.3 is 34.6 Å². The fourth-order valence-electron chi connectivity index (χ4n) is 4.82. The van der Waals surface area contributed by atoms with Gasteiger partial charge in [-0.3, -0.25) is 14.4 Å². The van der Waals surface area contributed by atoms with Gasteiger partial charge in [-0.15, -0.1) is 0 Å². The third-order valence-electron chi connectivity index (χ3n) is 6.96. The number of halogens is 1. The van der Waals surface area contributed by atoms with E-state index < -0.39 is 24.2 Å². The van der Waals surface area contributed by atoms with Crippen LogP contribution in [0.25, 0.3) is 0 Å². The number of carbonyl (C=O) groups excluding carboxylic acids is 3. The number of hydrogen-bond acceptors (Lipinski definition) is 8. The van der Waals surface area contributed by atoms with Crippen molar-refractivity contribution in [3.05, 3.63) is 32.9 Å². The molecule has 1 aromatic rings. The average molecular weight is 689 g/mol. The van der Waals surface area contributed by atoms with Crippen molar-refractivity contribution in [2.24, 2.45) is 0 Å². The van der Waals surface area contributed by atoms with Crippen LogP contribution in [0.15, 0.2) is 23.8 Å². The lowest BCUT2D eigenvalue weighted by molar-refractivity contribution is -0.139. The van der Waals surface area contributed by atoms with Crippen LogP contribution < -0.4 is 14.8 Å². The van der Waals surface area contributed by atoms with Gasteiger partial charge in [0.15, 0.2) is 11.5 Å². The van der Waals surface area contributed by atoms with E-state index in [0.717, 1.165) is 32.1 Å². The van der Waals surface area contributed by atoms with Crippen LogP contribution >= 0.6 is 22.6 Å². The van der Waals surface area contributed by atoms with Gasteiger partial charge in [0.1, 0.15) is 18.5 Å². The standard InChI is InChI=1S/C30H45IN2O8/c1-4-6-7-8-9-11-27(36)33(13-10-15-40-5-2)24-18-22(30(38)32-12-14-34)19-25(28(24)37)41-29-23(31)16-21(20-35)17-26(29)39-3/h16-17,19-20,24-25,28,34,37H,4-15,18H2,1-3H3,(H,32,38)/t24-,25+,28+/m1/s1. The summed E-state index contributed by atoms with van der Waals surface area (Å²) >= 11 is 2.03. The highest BCUT2D eigenvalue weighted by molar-refractivity contribution is 14.1. The maximum Gasteiger partial charge on any atom is 0.247 e. The summed E-state index contributed by atoms with van der Waals surface area (Å²) in [5, 5.41) is 23.5. The number of aldehydes is 1. The molecule has 2 rings (SSSR count). The van der Waals surface area contributed by atoms with Crippen molar-refractivity contribution in [1.82, 2.24) is 10.2 Å². The fourth-order valence-corrected chi connectivity index (χ4v) is 5.57. The van der Waals surface area contributed by atoms with E-state index >= 15 is 0 Å². The van der Waals surface area contributed by atoms with E-state index in [1.54, 1.807) is 17.0 Å². The molecule has 0 aromatic heterocycles. The van der Waals surface area contributed by atoms with E-state index in [1.165, 1.54) is 13.2 Å². The van der Waals surface area contributed by atoms with Gasteiger partial charge in [0.25, 0.3) is 0 Å². The van der Waals surface area contributed by atoms with E-state index in [2.05, 4.69) is 12.2 Å². The van der Waals surface area contributed by atoms with Crippen molar-refractivity contribution >= 4 is 40.7 Å². The number of hydrogen-bond donors (Lipinski definition) is 3.